The van der Waals surface area contributed by atoms with Crippen LogP contribution in [0.2, 0.25) is 30.3 Å². The van der Waals surface area contributed by atoms with Crippen molar-refractivity contribution in [3.8, 4) is 0 Å². The van der Waals surface area contributed by atoms with E-state index < -0.39 is 35.3 Å². The van der Waals surface area contributed by atoms with Crippen molar-refractivity contribution in [3.05, 3.63) is 243 Å². The Morgan fingerprint density at radius 1 is 0.300 bits per heavy atom. The van der Waals surface area contributed by atoms with Crippen LogP contribution in [-0.2, 0) is 0 Å². The summed E-state index contributed by atoms with van der Waals surface area (Å²) in [6, 6.07) is 92.3. The van der Waals surface area contributed by atoms with Crippen LogP contribution in [0.4, 0.5) is 0 Å². The summed E-state index contributed by atoms with van der Waals surface area (Å²) in [6.45, 7) is 10.7. The molecule has 0 aromatic heterocycles. The van der Waals surface area contributed by atoms with Gasteiger partial charge in [-0.2, -0.15) is 0 Å². The molecule has 0 nitrogen and oxygen atoms in total. The summed E-state index contributed by atoms with van der Waals surface area (Å²) >= 11 is 9.47. The molecule has 0 aliphatic heterocycles. The first-order valence-electron chi connectivity index (χ1n) is 21.0. The Labute approximate surface area is 373 Å². The van der Waals surface area contributed by atoms with Gasteiger partial charge in [0, 0.05) is 0 Å². The molecule has 0 N–H and O–H groups in total. The van der Waals surface area contributed by atoms with Gasteiger partial charge in [-0.1, -0.05) is 0 Å². The molecule has 0 radical (unpaired) electrons. The molecule has 0 aliphatic rings. The minimum absolute atomic E-state index is 0.173. The summed E-state index contributed by atoms with van der Waals surface area (Å²) in [5.74, 6) is 0. The molecule has 0 saturated carbocycles. The van der Waals surface area contributed by atoms with Crippen molar-refractivity contribution in [1.29, 1.82) is 0 Å². The predicted octanol–water partition coefficient (Wildman–Crippen LogP) is 8.14. The molecule has 0 saturated heterocycles. The number of benzene rings is 8. The zero-order chi connectivity index (χ0) is 41.7. The Hall–Kier alpha value is -4.56. The third kappa shape index (κ3) is 7.24. The second kappa shape index (κ2) is 17.8. The fraction of sp³-hybridized carbons (Fsp3) is 0.111. The molecule has 0 unspecified atom stereocenters. The van der Waals surface area contributed by atoms with Crippen LogP contribution in [0.1, 0.15) is 0 Å². The van der Waals surface area contributed by atoms with Crippen molar-refractivity contribution < 1.29 is 0 Å². The Kier molecular flexibility index (Phi) is 12.5. The SMILES string of the molecule is C[Si](c1ccccc1)(c1ccccc1)C([Se]C(Cl)([Si](C)(c1ccccc1)c1ccccc1)[Si](C)(c1ccccc1)c1ccccc1)[Si](C)(c1ccccc1)c1ccccc1. The summed E-state index contributed by atoms with van der Waals surface area (Å²) in [6.07, 6.45) is 0. The average Bonchev–Trinajstić information content (AvgIpc) is 3.34. The Bertz CT molecular complexity index is 2230. The van der Waals surface area contributed by atoms with Gasteiger partial charge < -0.3 is 0 Å². The van der Waals surface area contributed by atoms with Gasteiger partial charge in [-0.05, 0) is 0 Å². The minimum atomic E-state index is -2.98. The van der Waals surface area contributed by atoms with Gasteiger partial charge in [-0.15, -0.1) is 0 Å². The van der Waals surface area contributed by atoms with E-state index in [-0.39, 0.29) is 19.0 Å². The van der Waals surface area contributed by atoms with Crippen LogP contribution in [0, 0.1) is 0 Å². The molecular formula is C54H53ClSeSi4. The van der Waals surface area contributed by atoms with Gasteiger partial charge in [-0.3, -0.25) is 0 Å². The van der Waals surface area contributed by atoms with Crippen molar-refractivity contribution in [2.75, 3.05) is 0 Å². The first-order chi connectivity index (χ1) is 29.2. The monoisotopic (exact) mass is 928 g/mol. The van der Waals surface area contributed by atoms with Crippen LogP contribution >= 0.6 is 11.6 Å². The van der Waals surface area contributed by atoms with E-state index in [0.29, 0.717) is 0 Å². The third-order valence-corrected chi connectivity index (χ3v) is 54.2. The molecule has 8 aromatic carbocycles. The van der Waals surface area contributed by atoms with E-state index in [1.807, 2.05) is 0 Å². The Balaban J connectivity index is 1.58. The molecule has 60 heavy (non-hydrogen) atoms. The van der Waals surface area contributed by atoms with Crippen LogP contribution in [0.3, 0.4) is 0 Å². The van der Waals surface area contributed by atoms with Crippen molar-refractivity contribution >= 4 is 100 Å². The van der Waals surface area contributed by atoms with Gasteiger partial charge in [0.15, 0.2) is 0 Å². The van der Waals surface area contributed by atoms with Crippen LogP contribution in [0.5, 0.6) is 0 Å². The molecule has 0 heterocycles. The molecule has 0 amide bonds. The number of alkyl halides is 1. The fourth-order valence-electron chi connectivity index (χ4n) is 9.95. The summed E-state index contributed by atoms with van der Waals surface area (Å²) in [5.41, 5.74) is 0. The molecule has 8 rings (SSSR count). The predicted molar refractivity (Wildman–Crippen MR) is 273 cm³/mol. The summed E-state index contributed by atoms with van der Waals surface area (Å²) in [5, 5.41) is 11.4. The number of hydrogen-bond acceptors (Lipinski definition) is 0. The molecule has 0 fully saturated rings. The molecule has 8 aromatic rings. The van der Waals surface area contributed by atoms with Gasteiger partial charge in [0.2, 0.25) is 0 Å². The van der Waals surface area contributed by atoms with Crippen molar-refractivity contribution in [2.45, 2.75) is 33.3 Å². The topological polar surface area (TPSA) is 0 Å². The van der Waals surface area contributed by atoms with E-state index in [4.69, 9.17) is 0 Å². The molecule has 0 spiro atoms. The van der Waals surface area contributed by atoms with E-state index in [1.165, 1.54) is 41.5 Å². The second-order valence-corrected chi connectivity index (χ2v) is 42.3. The zero-order valence-corrected chi connectivity index (χ0v) is 41.4. The molecule has 298 valence electrons. The summed E-state index contributed by atoms with van der Waals surface area (Å²) < 4.78 is -0.373. The maximum atomic E-state index is 9.64. The summed E-state index contributed by atoms with van der Waals surface area (Å²) in [7, 11) is -11.5. The molecule has 6 heteroatoms. The number of rotatable bonds is 14. The van der Waals surface area contributed by atoms with Crippen LogP contribution in [0.15, 0.2) is 243 Å². The zero-order valence-electron chi connectivity index (χ0n) is 35.0. The quantitative estimate of drug-likeness (QED) is 0.0764. The molecule has 0 atom stereocenters. The van der Waals surface area contributed by atoms with E-state index >= 15 is 0 Å². The molecule has 0 aliphatic carbocycles. The van der Waals surface area contributed by atoms with E-state index in [9.17, 15) is 11.6 Å². The first-order valence-corrected chi connectivity index (χ1v) is 33.4. The third-order valence-electron chi connectivity index (χ3n) is 13.5. The van der Waals surface area contributed by atoms with Gasteiger partial charge in [0.05, 0.1) is 0 Å². The number of hydrogen-bond donors (Lipinski definition) is 0. The van der Waals surface area contributed by atoms with Gasteiger partial charge >= 0.3 is 376 Å². The molecular weight excluding hydrogens is 875 g/mol. The van der Waals surface area contributed by atoms with Crippen LogP contribution in [0.25, 0.3) is 0 Å². The van der Waals surface area contributed by atoms with Crippen molar-refractivity contribution in [1.82, 2.24) is 0 Å². The molecule has 0 bridgehead atoms. The normalized spacial score (nSPS) is 12.6. The number of halogens is 1. The van der Waals surface area contributed by atoms with Gasteiger partial charge in [-0.25, -0.2) is 0 Å². The van der Waals surface area contributed by atoms with Crippen LogP contribution in [-0.4, -0.2) is 50.3 Å². The average molecular weight is 929 g/mol. The fourth-order valence-corrected chi connectivity index (χ4v) is 55.3. The van der Waals surface area contributed by atoms with E-state index in [1.54, 1.807) is 0 Å². The maximum absolute atomic E-state index is 9.64. The van der Waals surface area contributed by atoms with E-state index in [0.717, 1.165) is 0 Å². The van der Waals surface area contributed by atoms with Crippen LogP contribution < -0.4 is 41.5 Å². The Morgan fingerprint density at radius 2 is 0.467 bits per heavy atom. The standard InChI is InChI=1S/C54H53ClSeSi4/c1-57(45-29-13-5-14-30-45,46-31-15-6-16-32-46)53(58(2,47-33-17-7-18-34-47)48-35-19-8-20-36-48)56-54(55,59(3,49-37-21-9-22-38-49)50-39-23-10-24-40-50)60(4,51-41-25-11-26-42-51)52-43-27-12-28-44-52/h5-44,53H,1-4H3. The summed E-state index contributed by atoms with van der Waals surface area (Å²) in [4.78, 5) is 0. The second-order valence-electron chi connectivity index (χ2n) is 16.7. The van der Waals surface area contributed by atoms with E-state index in [2.05, 4.69) is 269 Å². The van der Waals surface area contributed by atoms with Gasteiger partial charge in [0.25, 0.3) is 0 Å². The van der Waals surface area contributed by atoms with Crippen molar-refractivity contribution in [3.63, 3.8) is 0 Å². The van der Waals surface area contributed by atoms with Gasteiger partial charge in [0.1, 0.15) is 0 Å². The van der Waals surface area contributed by atoms with Crippen molar-refractivity contribution in [2.24, 2.45) is 0 Å². The Morgan fingerprint density at radius 3 is 0.650 bits per heavy atom. The first kappa shape index (κ1) is 42.1.